The van der Waals surface area contributed by atoms with E-state index in [9.17, 15) is 18.0 Å². The van der Waals surface area contributed by atoms with Gasteiger partial charge in [-0.3, -0.25) is 4.79 Å². The second-order valence-electron chi connectivity index (χ2n) is 7.05. The monoisotopic (exact) mass is 410 g/mol. The molecular formula is C19H26N2O6S. The average molecular weight is 410 g/mol. The maximum atomic E-state index is 12.6. The van der Waals surface area contributed by atoms with Crippen molar-refractivity contribution in [3.63, 3.8) is 0 Å². The van der Waals surface area contributed by atoms with Gasteiger partial charge in [-0.05, 0) is 50.5 Å². The van der Waals surface area contributed by atoms with Gasteiger partial charge in [0.15, 0.2) is 6.61 Å². The molecule has 0 aromatic heterocycles. The molecule has 0 saturated carbocycles. The summed E-state index contributed by atoms with van der Waals surface area (Å²) in [5, 5.41) is 0. The minimum absolute atomic E-state index is 0.115. The molecule has 0 aliphatic carbocycles. The molecule has 2 aliphatic heterocycles. The Hall–Kier alpha value is -1.97. The van der Waals surface area contributed by atoms with Crippen molar-refractivity contribution >= 4 is 21.9 Å². The molecule has 154 valence electrons. The first-order chi connectivity index (χ1) is 13.4. The lowest BCUT2D eigenvalue weighted by atomic mass is 10.0. The summed E-state index contributed by atoms with van der Waals surface area (Å²) in [7, 11) is -3.61. The van der Waals surface area contributed by atoms with Crippen LogP contribution in [0.2, 0.25) is 0 Å². The fourth-order valence-corrected chi connectivity index (χ4v) is 4.87. The molecule has 1 unspecified atom stereocenters. The molecule has 1 aromatic rings. The van der Waals surface area contributed by atoms with Gasteiger partial charge in [0.2, 0.25) is 10.0 Å². The van der Waals surface area contributed by atoms with E-state index in [2.05, 4.69) is 0 Å². The Morgan fingerprint density at radius 2 is 1.79 bits per heavy atom. The molecule has 2 aliphatic rings. The molecule has 9 heteroatoms. The third-order valence-electron chi connectivity index (χ3n) is 5.15. The lowest BCUT2D eigenvalue weighted by Gasteiger charge is -2.33. The summed E-state index contributed by atoms with van der Waals surface area (Å²) < 4.78 is 36.9. The number of ether oxygens (including phenoxy) is 2. The van der Waals surface area contributed by atoms with Crippen molar-refractivity contribution in [3.8, 4) is 0 Å². The lowest BCUT2D eigenvalue weighted by Crippen LogP contribution is -2.44. The van der Waals surface area contributed by atoms with Gasteiger partial charge < -0.3 is 14.4 Å². The van der Waals surface area contributed by atoms with Crippen LogP contribution in [-0.4, -0.2) is 75.0 Å². The Morgan fingerprint density at radius 3 is 2.43 bits per heavy atom. The fraction of sp³-hybridized carbons (Fsp3) is 0.579. The first kappa shape index (κ1) is 20.8. The van der Waals surface area contributed by atoms with Crippen LogP contribution in [0.15, 0.2) is 29.2 Å². The van der Waals surface area contributed by atoms with E-state index in [1.165, 1.54) is 28.6 Å². The van der Waals surface area contributed by atoms with Gasteiger partial charge >= 0.3 is 5.97 Å². The zero-order chi connectivity index (χ0) is 20.1. The van der Waals surface area contributed by atoms with Crippen LogP contribution in [0.4, 0.5) is 0 Å². The summed E-state index contributed by atoms with van der Waals surface area (Å²) >= 11 is 0. The van der Waals surface area contributed by atoms with Crippen molar-refractivity contribution in [1.29, 1.82) is 0 Å². The molecule has 8 nitrogen and oxygen atoms in total. The number of likely N-dealkylation sites (tertiary alicyclic amines) is 1. The third kappa shape index (κ3) is 4.71. The molecule has 0 radical (unpaired) electrons. The molecule has 28 heavy (non-hydrogen) atoms. The SMILES string of the molecule is CC1CCCCN1C(=O)COC(=O)c1ccc(S(=O)(=O)N2CCOCC2)cc1. The van der Waals surface area contributed by atoms with E-state index in [0.29, 0.717) is 32.8 Å². The predicted molar refractivity (Wildman–Crippen MR) is 101 cm³/mol. The molecule has 3 rings (SSSR count). The van der Waals surface area contributed by atoms with Gasteiger partial charge in [0.1, 0.15) is 0 Å². The van der Waals surface area contributed by atoms with Crippen molar-refractivity contribution < 1.29 is 27.5 Å². The number of hydrogen-bond donors (Lipinski definition) is 0. The van der Waals surface area contributed by atoms with E-state index in [1.54, 1.807) is 4.90 Å². The quantitative estimate of drug-likeness (QED) is 0.679. The molecular weight excluding hydrogens is 384 g/mol. The van der Waals surface area contributed by atoms with Crippen LogP contribution in [0.1, 0.15) is 36.5 Å². The Bertz CT molecular complexity index is 802. The number of piperidine rings is 1. The van der Waals surface area contributed by atoms with Gasteiger partial charge in [-0.1, -0.05) is 0 Å². The highest BCUT2D eigenvalue weighted by Crippen LogP contribution is 2.19. The topological polar surface area (TPSA) is 93.2 Å². The van der Waals surface area contributed by atoms with E-state index in [4.69, 9.17) is 9.47 Å². The number of morpholine rings is 1. The molecule has 1 amide bonds. The van der Waals surface area contributed by atoms with Crippen LogP contribution in [0.3, 0.4) is 0 Å². The summed E-state index contributed by atoms with van der Waals surface area (Å²) in [5.41, 5.74) is 0.209. The van der Waals surface area contributed by atoms with Crippen LogP contribution in [0, 0.1) is 0 Å². The molecule has 0 bridgehead atoms. The molecule has 2 saturated heterocycles. The van der Waals surface area contributed by atoms with Crippen molar-refractivity contribution in [2.45, 2.75) is 37.1 Å². The summed E-state index contributed by atoms with van der Waals surface area (Å²) in [6.45, 7) is 3.72. The van der Waals surface area contributed by atoms with Crippen LogP contribution < -0.4 is 0 Å². The smallest absolute Gasteiger partial charge is 0.338 e. The van der Waals surface area contributed by atoms with Gasteiger partial charge in [-0.2, -0.15) is 4.31 Å². The van der Waals surface area contributed by atoms with Crippen LogP contribution in [0.5, 0.6) is 0 Å². The summed E-state index contributed by atoms with van der Waals surface area (Å²) in [6.07, 6.45) is 3.02. The van der Waals surface area contributed by atoms with E-state index >= 15 is 0 Å². The average Bonchev–Trinajstić information content (AvgIpc) is 2.73. The van der Waals surface area contributed by atoms with E-state index in [-0.39, 0.29) is 29.0 Å². The zero-order valence-electron chi connectivity index (χ0n) is 16.0. The highest BCUT2D eigenvalue weighted by Gasteiger charge is 2.27. The molecule has 1 atom stereocenters. The summed E-state index contributed by atoms with van der Waals surface area (Å²) in [6, 6.07) is 5.74. The van der Waals surface area contributed by atoms with Gasteiger partial charge in [-0.25, -0.2) is 13.2 Å². The number of carbonyl (C=O) groups excluding carboxylic acids is 2. The van der Waals surface area contributed by atoms with Gasteiger partial charge in [-0.15, -0.1) is 0 Å². The standard InChI is InChI=1S/C19H26N2O6S/c1-15-4-2-3-9-21(15)18(22)14-27-19(23)16-5-7-17(8-6-16)28(24,25)20-10-12-26-13-11-20/h5-8,15H,2-4,9-14H2,1H3. The minimum Gasteiger partial charge on any atom is -0.452 e. The second kappa shape index (κ2) is 9.02. The Morgan fingerprint density at radius 1 is 1.11 bits per heavy atom. The van der Waals surface area contributed by atoms with Gasteiger partial charge in [0.25, 0.3) is 5.91 Å². The van der Waals surface area contributed by atoms with E-state index in [1.807, 2.05) is 6.92 Å². The van der Waals surface area contributed by atoms with Crippen LogP contribution in [-0.2, 0) is 24.3 Å². The molecule has 0 N–H and O–H groups in total. The number of rotatable bonds is 5. The van der Waals surface area contributed by atoms with Gasteiger partial charge in [0, 0.05) is 25.7 Å². The molecule has 2 fully saturated rings. The normalized spacial score (nSPS) is 21.3. The Kier molecular flexibility index (Phi) is 6.69. The number of sulfonamides is 1. The highest BCUT2D eigenvalue weighted by molar-refractivity contribution is 7.89. The molecule has 2 heterocycles. The number of carbonyl (C=O) groups is 2. The number of hydrogen-bond acceptors (Lipinski definition) is 6. The zero-order valence-corrected chi connectivity index (χ0v) is 16.8. The van der Waals surface area contributed by atoms with Crippen molar-refractivity contribution in [2.75, 3.05) is 39.5 Å². The van der Waals surface area contributed by atoms with E-state index < -0.39 is 16.0 Å². The number of benzene rings is 1. The predicted octanol–water partition coefficient (Wildman–Crippen LogP) is 1.27. The largest absolute Gasteiger partial charge is 0.452 e. The highest BCUT2D eigenvalue weighted by atomic mass is 32.2. The van der Waals surface area contributed by atoms with Crippen LogP contribution in [0.25, 0.3) is 0 Å². The molecule has 1 aromatic carbocycles. The molecule has 0 spiro atoms. The van der Waals surface area contributed by atoms with Crippen molar-refractivity contribution in [3.05, 3.63) is 29.8 Å². The van der Waals surface area contributed by atoms with E-state index in [0.717, 1.165) is 19.3 Å². The van der Waals surface area contributed by atoms with Crippen molar-refractivity contribution in [2.24, 2.45) is 0 Å². The van der Waals surface area contributed by atoms with Gasteiger partial charge in [0.05, 0.1) is 23.7 Å². The number of amides is 1. The summed E-state index contributed by atoms with van der Waals surface area (Å²) in [5.74, 6) is -0.847. The fourth-order valence-electron chi connectivity index (χ4n) is 3.46. The summed E-state index contributed by atoms with van der Waals surface area (Å²) in [4.78, 5) is 26.3. The Labute approximate surface area is 165 Å². The van der Waals surface area contributed by atoms with Crippen molar-refractivity contribution in [1.82, 2.24) is 9.21 Å². The van der Waals surface area contributed by atoms with Crippen LogP contribution >= 0.6 is 0 Å². The first-order valence-electron chi connectivity index (χ1n) is 9.54. The number of nitrogens with zero attached hydrogens (tertiary/aromatic N) is 2. The lowest BCUT2D eigenvalue weighted by molar-refractivity contribution is -0.137. The second-order valence-corrected chi connectivity index (χ2v) is 8.99. The number of esters is 1. The Balaban J connectivity index is 1.58. The maximum absolute atomic E-state index is 12.6. The minimum atomic E-state index is -3.61. The maximum Gasteiger partial charge on any atom is 0.338 e. The first-order valence-corrected chi connectivity index (χ1v) is 11.0. The third-order valence-corrected chi connectivity index (χ3v) is 7.06.